The van der Waals surface area contributed by atoms with Gasteiger partial charge in [-0.25, -0.2) is 4.98 Å². The van der Waals surface area contributed by atoms with Crippen molar-refractivity contribution < 1.29 is 0 Å². The number of nitrogens with zero attached hydrogens (tertiary/aromatic N) is 2. The number of hydrogen-bond donors (Lipinski definition) is 0. The number of aromatic nitrogens is 2. The number of fused-ring (bicyclic) bond motifs is 1. The number of rotatable bonds is 4. The van der Waals surface area contributed by atoms with Crippen LogP contribution in [0.5, 0.6) is 0 Å². The van der Waals surface area contributed by atoms with Crippen molar-refractivity contribution in [3.05, 3.63) is 56.2 Å². The van der Waals surface area contributed by atoms with Crippen LogP contribution < -0.4 is 5.56 Å². The summed E-state index contributed by atoms with van der Waals surface area (Å²) in [6, 6.07) is 8.76. The molecule has 2 aromatic heterocycles. The number of aryl methyl sites for hydroxylation is 2. The molecule has 0 spiro atoms. The highest BCUT2D eigenvalue weighted by Crippen LogP contribution is 2.30. The Morgan fingerprint density at radius 1 is 1.15 bits per heavy atom. The van der Waals surface area contributed by atoms with Crippen LogP contribution in [0.2, 0.25) is 0 Å². The number of thiophene rings is 1. The fourth-order valence-electron chi connectivity index (χ4n) is 2.95. The maximum Gasteiger partial charge on any atom is 0.263 e. The summed E-state index contributed by atoms with van der Waals surface area (Å²) in [6.07, 6.45) is 0. The van der Waals surface area contributed by atoms with Crippen molar-refractivity contribution in [2.75, 3.05) is 0 Å². The first-order chi connectivity index (χ1) is 12.2. The third-order valence-electron chi connectivity index (χ3n) is 4.76. The molecule has 3 nitrogen and oxygen atoms in total. The minimum atomic E-state index is 0.0879. The molecule has 2 heterocycles. The zero-order valence-corrected chi connectivity index (χ0v) is 18.0. The van der Waals surface area contributed by atoms with Crippen molar-refractivity contribution in [1.29, 1.82) is 0 Å². The fourth-order valence-corrected chi connectivity index (χ4v) is 5.04. The van der Waals surface area contributed by atoms with Gasteiger partial charge in [0.15, 0.2) is 5.16 Å². The maximum atomic E-state index is 12.9. The van der Waals surface area contributed by atoms with Crippen molar-refractivity contribution in [3.63, 3.8) is 0 Å². The molecule has 0 fully saturated rings. The summed E-state index contributed by atoms with van der Waals surface area (Å²) in [5.74, 6) is 0.811. The van der Waals surface area contributed by atoms with Crippen molar-refractivity contribution in [2.24, 2.45) is 0 Å². The Morgan fingerprint density at radius 3 is 2.38 bits per heavy atom. The summed E-state index contributed by atoms with van der Waals surface area (Å²) in [7, 11) is 0. The minimum absolute atomic E-state index is 0.0879. The molecule has 0 unspecified atom stereocenters. The average molecular weight is 387 g/mol. The first-order valence-electron chi connectivity index (χ1n) is 8.95. The van der Waals surface area contributed by atoms with Gasteiger partial charge in [0.1, 0.15) is 4.83 Å². The van der Waals surface area contributed by atoms with E-state index in [9.17, 15) is 4.79 Å². The first kappa shape index (κ1) is 19.2. The molecular formula is C21H26N2OS2. The standard InChI is InChI=1S/C21H26N2OS2/c1-7-23-19(24)17-13(2)14(3)26-18(17)22-20(23)25-12-15-8-10-16(11-9-15)21(4,5)6/h8-11H,7,12H2,1-6H3. The Bertz CT molecular complexity index is 992. The van der Waals surface area contributed by atoms with Crippen molar-refractivity contribution >= 4 is 33.3 Å². The Labute approximate surface area is 163 Å². The summed E-state index contributed by atoms with van der Waals surface area (Å²) in [6.45, 7) is 13.4. The normalized spacial score (nSPS) is 12.1. The Hall–Kier alpha value is -1.59. The van der Waals surface area contributed by atoms with Gasteiger partial charge >= 0.3 is 0 Å². The van der Waals surface area contributed by atoms with E-state index in [2.05, 4.69) is 52.0 Å². The number of thioether (sulfide) groups is 1. The SMILES string of the molecule is CCn1c(SCc2ccc(C(C)(C)C)cc2)nc2sc(C)c(C)c2c1=O. The van der Waals surface area contributed by atoms with E-state index >= 15 is 0 Å². The van der Waals surface area contributed by atoms with Gasteiger partial charge in [-0.3, -0.25) is 9.36 Å². The molecule has 3 aromatic rings. The molecule has 0 N–H and O–H groups in total. The first-order valence-corrected chi connectivity index (χ1v) is 10.7. The zero-order valence-electron chi connectivity index (χ0n) is 16.3. The Balaban J connectivity index is 1.90. The lowest BCUT2D eigenvalue weighted by Crippen LogP contribution is -2.22. The highest BCUT2D eigenvalue weighted by molar-refractivity contribution is 7.98. The largest absolute Gasteiger partial charge is 0.287 e. The van der Waals surface area contributed by atoms with Gasteiger partial charge < -0.3 is 0 Å². The van der Waals surface area contributed by atoms with Gasteiger partial charge in [-0.2, -0.15) is 0 Å². The Kier molecular flexibility index (Phi) is 5.31. The van der Waals surface area contributed by atoms with Gasteiger partial charge in [0.2, 0.25) is 0 Å². The van der Waals surface area contributed by atoms with E-state index in [4.69, 9.17) is 4.98 Å². The van der Waals surface area contributed by atoms with Gasteiger partial charge in [0, 0.05) is 17.2 Å². The molecule has 26 heavy (non-hydrogen) atoms. The minimum Gasteiger partial charge on any atom is -0.287 e. The Morgan fingerprint density at radius 2 is 1.81 bits per heavy atom. The quantitative estimate of drug-likeness (QED) is 0.427. The fraction of sp³-hybridized carbons (Fsp3) is 0.429. The predicted molar refractivity (Wildman–Crippen MR) is 114 cm³/mol. The molecule has 5 heteroatoms. The van der Waals surface area contributed by atoms with Crippen molar-refractivity contribution in [3.8, 4) is 0 Å². The maximum absolute atomic E-state index is 12.9. The van der Waals surface area contributed by atoms with Crippen LogP contribution in [0.4, 0.5) is 0 Å². The van der Waals surface area contributed by atoms with Crippen LogP contribution in [-0.2, 0) is 17.7 Å². The predicted octanol–water partition coefficient (Wildman–Crippen LogP) is 5.68. The monoisotopic (exact) mass is 386 g/mol. The van der Waals surface area contributed by atoms with E-state index in [-0.39, 0.29) is 11.0 Å². The van der Waals surface area contributed by atoms with Crippen LogP contribution in [0.1, 0.15) is 49.3 Å². The summed E-state index contributed by atoms with van der Waals surface area (Å²) >= 11 is 3.26. The molecule has 0 saturated heterocycles. The molecule has 0 bridgehead atoms. The van der Waals surface area contributed by atoms with Crippen molar-refractivity contribution in [2.45, 2.75) is 64.4 Å². The topological polar surface area (TPSA) is 34.9 Å². The molecule has 0 aliphatic carbocycles. The van der Waals surface area contributed by atoms with Crippen LogP contribution in [0.15, 0.2) is 34.2 Å². The van der Waals surface area contributed by atoms with Crippen LogP contribution >= 0.6 is 23.1 Å². The lowest BCUT2D eigenvalue weighted by molar-refractivity contribution is 0.590. The molecule has 0 aliphatic heterocycles. The van der Waals surface area contributed by atoms with E-state index in [0.717, 1.165) is 26.7 Å². The van der Waals surface area contributed by atoms with Gasteiger partial charge in [-0.05, 0) is 42.9 Å². The van der Waals surface area contributed by atoms with E-state index in [1.807, 2.05) is 13.8 Å². The average Bonchev–Trinajstić information content (AvgIpc) is 2.87. The summed E-state index contributed by atoms with van der Waals surface area (Å²) in [5.41, 5.74) is 3.90. The highest BCUT2D eigenvalue weighted by Gasteiger charge is 2.16. The van der Waals surface area contributed by atoms with E-state index < -0.39 is 0 Å². The molecule has 3 rings (SSSR count). The van der Waals surface area contributed by atoms with E-state index in [0.29, 0.717) is 6.54 Å². The number of hydrogen-bond acceptors (Lipinski definition) is 4. The summed E-state index contributed by atoms with van der Waals surface area (Å²) < 4.78 is 1.80. The van der Waals surface area contributed by atoms with Crippen LogP contribution in [-0.4, -0.2) is 9.55 Å². The van der Waals surface area contributed by atoms with Gasteiger partial charge in [0.05, 0.1) is 5.39 Å². The summed E-state index contributed by atoms with van der Waals surface area (Å²) in [5, 5.41) is 1.60. The molecule has 0 aliphatic rings. The number of benzene rings is 1. The van der Waals surface area contributed by atoms with Crippen LogP contribution in [0.3, 0.4) is 0 Å². The van der Waals surface area contributed by atoms with Gasteiger partial charge in [0.25, 0.3) is 5.56 Å². The van der Waals surface area contributed by atoms with Crippen LogP contribution in [0, 0.1) is 13.8 Å². The zero-order chi connectivity index (χ0) is 19.1. The second-order valence-corrected chi connectivity index (χ2v) is 9.79. The summed E-state index contributed by atoms with van der Waals surface area (Å²) in [4.78, 5) is 19.7. The lowest BCUT2D eigenvalue weighted by Gasteiger charge is -2.19. The molecule has 0 saturated carbocycles. The molecule has 0 radical (unpaired) electrons. The second kappa shape index (κ2) is 7.20. The van der Waals surface area contributed by atoms with E-state index in [1.165, 1.54) is 16.0 Å². The molecule has 0 amide bonds. The molecular weight excluding hydrogens is 360 g/mol. The molecule has 1 aromatic carbocycles. The van der Waals surface area contributed by atoms with Crippen LogP contribution in [0.25, 0.3) is 10.2 Å². The third-order valence-corrected chi connectivity index (χ3v) is 6.91. The molecule has 0 atom stereocenters. The third kappa shape index (κ3) is 3.60. The second-order valence-electron chi connectivity index (χ2n) is 7.64. The highest BCUT2D eigenvalue weighted by atomic mass is 32.2. The molecule has 138 valence electrons. The van der Waals surface area contributed by atoms with Gasteiger partial charge in [-0.1, -0.05) is 56.8 Å². The smallest absolute Gasteiger partial charge is 0.263 e. The lowest BCUT2D eigenvalue weighted by atomic mass is 9.87. The van der Waals surface area contributed by atoms with Gasteiger partial charge in [-0.15, -0.1) is 11.3 Å². The van der Waals surface area contributed by atoms with Crippen molar-refractivity contribution in [1.82, 2.24) is 9.55 Å². The van der Waals surface area contributed by atoms with E-state index in [1.54, 1.807) is 27.7 Å².